The molecule has 0 N–H and O–H groups in total. The maximum absolute atomic E-state index is 12.8. The van der Waals surface area contributed by atoms with Crippen molar-refractivity contribution < 1.29 is 18.0 Å². The largest absolute Gasteiger partial charge is 0.406 e. The molecule has 0 bridgehead atoms. The number of carbonyl (C=O) groups excluding carboxylic acids is 1. The van der Waals surface area contributed by atoms with E-state index in [0.29, 0.717) is 11.3 Å². The molecule has 0 aliphatic carbocycles. The van der Waals surface area contributed by atoms with Gasteiger partial charge < -0.3 is 4.90 Å². The molecular formula is C17H13F3N2O. The van der Waals surface area contributed by atoms with Crippen molar-refractivity contribution in [3.05, 3.63) is 65.7 Å². The Labute approximate surface area is 131 Å². The molecule has 0 spiro atoms. The number of carbonyl (C=O) groups is 1. The first-order valence-electron chi connectivity index (χ1n) is 7.02. The lowest BCUT2D eigenvalue weighted by molar-refractivity contribution is -0.131. The molecule has 2 aromatic rings. The van der Waals surface area contributed by atoms with Crippen molar-refractivity contribution in [2.45, 2.75) is 6.18 Å². The third kappa shape index (κ3) is 3.26. The van der Waals surface area contributed by atoms with Gasteiger partial charge >= 0.3 is 6.18 Å². The quantitative estimate of drug-likeness (QED) is 0.835. The number of benzodiazepines with no additional fused rings is 1. The monoisotopic (exact) mass is 318 g/mol. The number of para-hydroxylation sites is 1. The molecule has 118 valence electrons. The lowest BCUT2D eigenvalue weighted by Gasteiger charge is -2.24. The third-order valence-corrected chi connectivity index (χ3v) is 3.51. The highest BCUT2D eigenvalue weighted by Crippen LogP contribution is 2.29. The van der Waals surface area contributed by atoms with Crippen LogP contribution in [-0.2, 0) is 4.79 Å². The molecule has 0 radical (unpaired) electrons. The van der Waals surface area contributed by atoms with Crippen molar-refractivity contribution in [3.8, 4) is 0 Å². The first kappa shape index (κ1) is 15.3. The number of fused-ring (bicyclic) bond motifs is 1. The van der Waals surface area contributed by atoms with Crippen molar-refractivity contribution in [3.63, 3.8) is 0 Å². The van der Waals surface area contributed by atoms with Crippen LogP contribution in [0.1, 0.15) is 11.1 Å². The summed E-state index contributed by atoms with van der Waals surface area (Å²) in [5.74, 6) is -0.666. The molecule has 0 unspecified atom stereocenters. The summed E-state index contributed by atoms with van der Waals surface area (Å²) in [6.45, 7) is -1.63. The van der Waals surface area contributed by atoms with E-state index in [9.17, 15) is 18.0 Å². The summed E-state index contributed by atoms with van der Waals surface area (Å²) < 4.78 is 38.5. The number of hydrogen-bond acceptors (Lipinski definition) is 2. The number of benzene rings is 2. The van der Waals surface area contributed by atoms with Crippen molar-refractivity contribution in [2.24, 2.45) is 4.99 Å². The second-order valence-electron chi connectivity index (χ2n) is 5.14. The number of nitrogens with zero attached hydrogens (tertiary/aromatic N) is 2. The Morgan fingerprint density at radius 3 is 2.35 bits per heavy atom. The van der Waals surface area contributed by atoms with Crippen LogP contribution in [0.4, 0.5) is 18.9 Å². The van der Waals surface area contributed by atoms with Crippen LogP contribution < -0.4 is 4.90 Å². The lowest BCUT2D eigenvalue weighted by Crippen LogP contribution is -2.40. The molecule has 23 heavy (non-hydrogen) atoms. The fourth-order valence-corrected chi connectivity index (χ4v) is 2.56. The van der Waals surface area contributed by atoms with Crippen LogP contribution in [0, 0.1) is 0 Å². The van der Waals surface area contributed by atoms with Crippen LogP contribution >= 0.6 is 0 Å². The number of hydrogen-bond donors (Lipinski definition) is 0. The summed E-state index contributed by atoms with van der Waals surface area (Å²) in [5.41, 5.74) is 2.05. The lowest BCUT2D eigenvalue weighted by atomic mass is 10.0. The van der Waals surface area contributed by atoms with E-state index in [2.05, 4.69) is 4.99 Å². The molecule has 3 nitrogen and oxygen atoms in total. The number of amides is 1. The first-order chi connectivity index (χ1) is 11.0. The molecule has 1 heterocycles. The van der Waals surface area contributed by atoms with E-state index in [1.165, 1.54) is 6.07 Å². The summed E-state index contributed by atoms with van der Waals surface area (Å²) in [4.78, 5) is 17.2. The summed E-state index contributed by atoms with van der Waals surface area (Å²) >= 11 is 0. The van der Waals surface area contributed by atoms with Crippen LogP contribution in [0.15, 0.2) is 59.6 Å². The Balaban J connectivity index is 2.12. The van der Waals surface area contributed by atoms with Crippen LogP contribution in [-0.4, -0.2) is 30.9 Å². The molecule has 6 heteroatoms. The molecular weight excluding hydrogens is 305 g/mol. The zero-order valence-corrected chi connectivity index (χ0v) is 12.0. The molecule has 1 aliphatic heterocycles. The van der Waals surface area contributed by atoms with E-state index in [1.807, 2.05) is 30.3 Å². The maximum Gasteiger partial charge on any atom is 0.406 e. The molecule has 0 fully saturated rings. The van der Waals surface area contributed by atoms with Gasteiger partial charge in [-0.25, -0.2) is 0 Å². The van der Waals surface area contributed by atoms with E-state index in [4.69, 9.17) is 0 Å². The fourth-order valence-electron chi connectivity index (χ4n) is 2.56. The number of rotatable bonds is 2. The molecule has 0 atom stereocenters. The fraction of sp³-hybridized carbons (Fsp3) is 0.176. The van der Waals surface area contributed by atoms with Crippen molar-refractivity contribution in [1.82, 2.24) is 0 Å². The molecule has 2 aromatic carbocycles. The molecule has 0 saturated heterocycles. The summed E-state index contributed by atoms with van der Waals surface area (Å²) in [7, 11) is 0. The average Bonchev–Trinajstić information content (AvgIpc) is 2.65. The standard InChI is InChI=1S/C17H13F3N2O/c18-17(19,20)11-22-14-9-5-4-8-13(14)16(21-10-15(22)23)12-6-2-1-3-7-12/h1-9H,10-11H2. The van der Waals surface area contributed by atoms with Crippen molar-refractivity contribution >= 4 is 17.3 Å². The summed E-state index contributed by atoms with van der Waals surface area (Å²) in [6, 6.07) is 15.7. The number of anilines is 1. The smallest absolute Gasteiger partial charge is 0.301 e. The number of halogens is 3. The Hall–Kier alpha value is -2.63. The van der Waals surface area contributed by atoms with Gasteiger partial charge in [0.1, 0.15) is 13.1 Å². The van der Waals surface area contributed by atoms with Gasteiger partial charge in [0, 0.05) is 11.1 Å². The van der Waals surface area contributed by atoms with Gasteiger partial charge in [0.25, 0.3) is 0 Å². The van der Waals surface area contributed by atoms with Gasteiger partial charge in [-0.05, 0) is 6.07 Å². The second-order valence-corrected chi connectivity index (χ2v) is 5.14. The Kier molecular flexibility index (Phi) is 3.90. The van der Waals surface area contributed by atoms with Gasteiger partial charge in [-0.1, -0.05) is 48.5 Å². The van der Waals surface area contributed by atoms with Gasteiger partial charge in [-0.3, -0.25) is 9.79 Å². The first-order valence-corrected chi connectivity index (χ1v) is 7.02. The van der Waals surface area contributed by atoms with E-state index >= 15 is 0 Å². The molecule has 3 rings (SSSR count). The molecule has 0 saturated carbocycles. The van der Waals surface area contributed by atoms with Gasteiger partial charge in [-0.15, -0.1) is 0 Å². The third-order valence-electron chi connectivity index (χ3n) is 3.51. The normalized spacial score (nSPS) is 15.0. The van der Waals surface area contributed by atoms with E-state index < -0.39 is 18.6 Å². The van der Waals surface area contributed by atoms with Crippen LogP contribution in [0.25, 0.3) is 0 Å². The van der Waals surface area contributed by atoms with E-state index in [1.54, 1.807) is 18.2 Å². The predicted molar refractivity (Wildman–Crippen MR) is 81.8 cm³/mol. The number of alkyl halides is 3. The predicted octanol–water partition coefficient (Wildman–Crippen LogP) is 3.43. The average molecular weight is 318 g/mol. The minimum absolute atomic E-state index is 0.231. The number of aliphatic imine (C=N–C) groups is 1. The summed E-state index contributed by atoms with van der Waals surface area (Å²) in [5, 5.41) is 0. The molecule has 1 amide bonds. The Bertz CT molecular complexity index is 754. The SMILES string of the molecule is O=C1CN=C(c2ccccc2)c2ccccc2N1CC(F)(F)F. The molecule has 1 aliphatic rings. The zero-order chi connectivity index (χ0) is 16.4. The summed E-state index contributed by atoms with van der Waals surface area (Å²) in [6.07, 6.45) is -4.47. The Morgan fingerprint density at radius 1 is 1.00 bits per heavy atom. The molecule has 0 aromatic heterocycles. The minimum Gasteiger partial charge on any atom is -0.301 e. The van der Waals surface area contributed by atoms with Gasteiger partial charge in [0.15, 0.2) is 0 Å². The topological polar surface area (TPSA) is 32.7 Å². The maximum atomic E-state index is 12.8. The van der Waals surface area contributed by atoms with Crippen LogP contribution in [0.5, 0.6) is 0 Å². The van der Waals surface area contributed by atoms with Crippen molar-refractivity contribution in [2.75, 3.05) is 18.0 Å². The van der Waals surface area contributed by atoms with Gasteiger partial charge in [0.2, 0.25) is 5.91 Å². The highest BCUT2D eigenvalue weighted by atomic mass is 19.4. The van der Waals surface area contributed by atoms with E-state index in [-0.39, 0.29) is 12.2 Å². The minimum atomic E-state index is -4.47. The highest BCUT2D eigenvalue weighted by Gasteiger charge is 2.36. The van der Waals surface area contributed by atoms with E-state index in [0.717, 1.165) is 10.5 Å². The second kappa shape index (κ2) is 5.87. The van der Waals surface area contributed by atoms with Crippen LogP contribution in [0.3, 0.4) is 0 Å². The zero-order valence-electron chi connectivity index (χ0n) is 12.0. The van der Waals surface area contributed by atoms with Gasteiger partial charge in [-0.2, -0.15) is 13.2 Å². The highest BCUT2D eigenvalue weighted by molar-refractivity contribution is 6.19. The Morgan fingerprint density at radius 2 is 1.65 bits per heavy atom. The van der Waals surface area contributed by atoms with Crippen LogP contribution in [0.2, 0.25) is 0 Å². The van der Waals surface area contributed by atoms with Gasteiger partial charge in [0.05, 0.1) is 11.4 Å². The van der Waals surface area contributed by atoms with Crippen molar-refractivity contribution in [1.29, 1.82) is 0 Å².